The lowest BCUT2D eigenvalue weighted by molar-refractivity contribution is 0.306. The van der Waals surface area contributed by atoms with E-state index in [0.717, 1.165) is 47.0 Å². The first-order chi connectivity index (χ1) is 15.3. The van der Waals surface area contributed by atoms with E-state index in [1.54, 1.807) is 0 Å². The minimum Gasteiger partial charge on any atom is -0.204 e. The van der Waals surface area contributed by atoms with Crippen molar-refractivity contribution >= 4 is 0 Å². The fourth-order valence-corrected chi connectivity index (χ4v) is 3.39. The quantitative estimate of drug-likeness (QED) is 0.202. The zero-order chi connectivity index (χ0) is 25.7. The number of hydrogen-bond acceptors (Lipinski definition) is 0. The Bertz CT molecular complexity index is 760. The van der Waals surface area contributed by atoms with Crippen LogP contribution >= 0.6 is 0 Å². The van der Waals surface area contributed by atoms with Gasteiger partial charge in [-0.05, 0) is 78.6 Å². The van der Waals surface area contributed by atoms with Gasteiger partial charge in [0.25, 0.3) is 0 Å². The first-order valence-corrected chi connectivity index (χ1v) is 12.4. The van der Waals surface area contributed by atoms with E-state index in [4.69, 9.17) is 0 Å². The average molecular weight is 459 g/mol. The highest BCUT2D eigenvalue weighted by atomic mass is 19.2. The van der Waals surface area contributed by atoms with Crippen molar-refractivity contribution < 1.29 is 8.78 Å². The maximum Gasteiger partial charge on any atom is 0.158 e. The molecule has 0 nitrogen and oxygen atoms in total. The van der Waals surface area contributed by atoms with Crippen molar-refractivity contribution in [3.05, 3.63) is 84.6 Å². The van der Waals surface area contributed by atoms with Gasteiger partial charge >= 0.3 is 0 Å². The molecule has 4 unspecified atom stereocenters. The van der Waals surface area contributed by atoms with Crippen molar-refractivity contribution in [3.8, 4) is 0 Å². The minimum absolute atomic E-state index is 0.0123. The summed E-state index contributed by atoms with van der Waals surface area (Å²) in [6.07, 6.45) is 12.9. The smallest absolute Gasteiger partial charge is 0.158 e. The van der Waals surface area contributed by atoms with Gasteiger partial charge in [0.2, 0.25) is 0 Å². The van der Waals surface area contributed by atoms with Crippen LogP contribution in [0.3, 0.4) is 0 Å². The van der Waals surface area contributed by atoms with E-state index in [1.165, 1.54) is 19.3 Å². The lowest BCUT2D eigenvalue weighted by atomic mass is 9.83. The van der Waals surface area contributed by atoms with Crippen molar-refractivity contribution in [2.24, 2.45) is 29.6 Å². The topological polar surface area (TPSA) is 0 Å². The van der Waals surface area contributed by atoms with Gasteiger partial charge in [-0.3, -0.25) is 0 Å². The lowest BCUT2D eigenvalue weighted by Crippen LogP contribution is -2.11. The van der Waals surface area contributed by atoms with E-state index in [-0.39, 0.29) is 5.92 Å². The average Bonchev–Trinajstić information content (AvgIpc) is 2.76. The molecule has 0 heterocycles. The summed E-state index contributed by atoms with van der Waals surface area (Å²) < 4.78 is 26.2. The third kappa shape index (κ3) is 13.4. The van der Waals surface area contributed by atoms with Crippen LogP contribution in [0.2, 0.25) is 0 Å². The molecule has 0 N–H and O–H groups in total. The third-order valence-corrected chi connectivity index (χ3v) is 6.85. The fraction of sp³-hybridized carbons (Fsp3) is 0.548. The molecule has 4 atom stereocenters. The summed E-state index contributed by atoms with van der Waals surface area (Å²) in [6, 6.07) is 0. The van der Waals surface area contributed by atoms with Gasteiger partial charge in [-0.2, -0.15) is 0 Å². The monoisotopic (exact) mass is 458 g/mol. The molecule has 0 aliphatic heterocycles. The Kier molecular flexibility index (Phi) is 14.9. The summed E-state index contributed by atoms with van der Waals surface area (Å²) in [7, 11) is 0. The zero-order valence-electron chi connectivity index (χ0n) is 22.3. The van der Waals surface area contributed by atoms with Crippen LogP contribution < -0.4 is 0 Å². The first-order valence-electron chi connectivity index (χ1n) is 12.4. The van der Waals surface area contributed by atoms with Gasteiger partial charge in [0.15, 0.2) is 11.7 Å². The van der Waals surface area contributed by atoms with Gasteiger partial charge in [0.1, 0.15) is 0 Å². The maximum absolute atomic E-state index is 13.4. The molecule has 0 aromatic rings. The van der Waals surface area contributed by atoms with Gasteiger partial charge in [-0.15, -0.1) is 0 Å². The Hall–Kier alpha value is -1.96. The first kappa shape index (κ1) is 31.0. The van der Waals surface area contributed by atoms with Crippen molar-refractivity contribution in [2.45, 2.75) is 80.6 Å². The van der Waals surface area contributed by atoms with Crippen LogP contribution in [0.1, 0.15) is 80.6 Å². The second-order valence-corrected chi connectivity index (χ2v) is 10.3. The van der Waals surface area contributed by atoms with Crippen molar-refractivity contribution in [1.82, 2.24) is 0 Å². The predicted molar refractivity (Wildman–Crippen MR) is 144 cm³/mol. The number of allylic oxidation sites excluding steroid dienone is 10. The van der Waals surface area contributed by atoms with Gasteiger partial charge in [0.05, 0.1) is 0 Å². The van der Waals surface area contributed by atoms with Crippen molar-refractivity contribution in [2.75, 3.05) is 0 Å². The molecule has 186 valence electrons. The number of hydrogen-bond donors (Lipinski definition) is 0. The van der Waals surface area contributed by atoms with Gasteiger partial charge in [0, 0.05) is 0 Å². The molecule has 0 amide bonds. The predicted octanol–water partition coefficient (Wildman–Crippen LogP) is 10.6. The summed E-state index contributed by atoms with van der Waals surface area (Å²) in [5.74, 6) is 0.654. The molecule has 0 aromatic carbocycles. The molecule has 33 heavy (non-hydrogen) atoms. The molecule has 0 aliphatic carbocycles. The summed E-state index contributed by atoms with van der Waals surface area (Å²) in [5.41, 5.74) is 3.64. The highest BCUT2D eigenvalue weighted by molar-refractivity contribution is 5.39. The molecule has 0 aromatic heterocycles. The Labute approximate surface area is 203 Å². The van der Waals surface area contributed by atoms with E-state index in [9.17, 15) is 8.78 Å². The Morgan fingerprint density at radius 2 is 1.27 bits per heavy atom. The highest BCUT2D eigenvalue weighted by Crippen LogP contribution is 2.27. The second kappa shape index (κ2) is 15.8. The molecular formula is C31H48F2. The Balaban J connectivity index is 4.67. The van der Waals surface area contributed by atoms with E-state index in [1.807, 2.05) is 19.9 Å². The standard InChI is InChI=1S/C31H48F2/c1-21(2)12-13-22(3)23(4)14-15-24(5)25(6)16-17-26(7)27(8)18-19-28(9)29(10)20-31(33)30(11)32/h16-18,20-24,28H,6-7,10-15,19H2,1-5,8-9H3/b17-16-,27-18+,31-20+. The summed E-state index contributed by atoms with van der Waals surface area (Å²) in [4.78, 5) is 0. The molecule has 0 bridgehead atoms. The molecule has 0 fully saturated rings. The molecule has 0 saturated heterocycles. The number of halogens is 2. The molecule has 0 radical (unpaired) electrons. The highest BCUT2D eigenvalue weighted by Gasteiger charge is 2.15. The third-order valence-electron chi connectivity index (χ3n) is 6.85. The lowest BCUT2D eigenvalue weighted by Gasteiger charge is -2.22. The molecule has 0 saturated carbocycles. The van der Waals surface area contributed by atoms with Crippen LogP contribution in [0.5, 0.6) is 0 Å². The molecular weight excluding hydrogens is 410 g/mol. The van der Waals surface area contributed by atoms with Crippen LogP contribution in [0, 0.1) is 29.6 Å². The van der Waals surface area contributed by atoms with Crippen LogP contribution in [-0.4, -0.2) is 0 Å². The fourth-order valence-electron chi connectivity index (χ4n) is 3.39. The summed E-state index contributed by atoms with van der Waals surface area (Å²) >= 11 is 0. The Morgan fingerprint density at radius 1 is 0.727 bits per heavy atom. The van der Waals surface area contributed by atoms with E-state index >= 15 is 0 Å². The van der Waals surface area contributed by atoms with Crippen molar-refractivity contribution in [1.29, 1.82) is 0 Å². The maximum atomic E-state index is 13.4. The van der Waals surface area contributed by atoms with Crippen LogP contribution in [-0.2, 0) is 0 Å². The van der Waals surface area contributed by atoms with Gasteiger partial charge in [-0.25, -0.2) is 8.78 Å². The molecule has 0 spiro atoms. The van der Waals surface area contributed by atoms with Crippen LogP contribution in [0.15, 0.2) is 84.6 Å². The SMILES string of the molecule is C=C(/C=C\C(=C)C(C)CCC(C)C(C)CCC(C)C)/C(C)=C/CC(C)C(=C)/C=C(/F)C(=C)F. The van der Waals surface area contributed by atoms with Gasteiger partial charge < -0.3 is 0 Å². The molecule has 0 rings (SSSR count). The number of rotatable bonds is 16. The van der Waals surface area contributed by atoms with Crippen LogP contribution in [0.25, 0.3) is 0 Å². The van der Waals surface area contributed by atoms with E-state index in [0.29, 0.717) is 17.9 Å². The van der Waals surface area contributed by atoms with E-state index in [2.05, 4.69) is 73.1 Å². The molecule has 2 heteroatoms. The van der Waals surface area contributed by atoms with E-state index < -0.39 is 11.7 Å². The minimum atomic E-state index is -1.07. The zero-order valence-corrected chi connectivity index (χ0v) is 22.3. The molecule has 0 aliphatic rings. The normalized spacial score (nSPS) is 16.5. The summed E-state index contributed by atoms with van der Waals surface area (Å²) in [5, 5.41) is 0. The Morgan fingerprint density at radius 3 is 1.79 bits per heavy atom. The van der Waals surface area contributed by atoms with Crippen LogP contribution in [0.4, 0.5) is 8.78 Å². The second-order valence-electron chi connectivity index (χ2n) is 10.3. The van der Waals surface area contributed by atoms with Crippen molar-refractivity contribution in [3.63, 3.8) is 0 Å². The van der Waals surface area contributed by atoms with Gasteiger partial charge in [-0.1, -0.05) is 105 Å². The largest absolute Gasteiger partial charge is 0.204 e. The summed E-state index contributed by atoms with van der Waals surface area (Å²) in [6.45, 7) is 30.8.